The van der Waals surface area contributed by atoms with Gasteiger partial charge in [0.2, 0.25) is 0 Å². The summed E-state index contributed by atoms with van der Waals surface area (Å²) in [5.74, 6) is 0.559. The van der Waals surface area contributed by atoms with Crippen molar-refractivity contribution in [2.75, 3.05) is 18.8 Å². The molecule has 4 nitrogen and oxygen atoms in total. The Labute approximate surface area is 145 Å². The lowest BCUT2D eigenvalue weighted by Gasteiger charge is -2.26. The molecule has 0 bridgehead atoms. The summed E-state index contributed by atoms with van der Waals surface area (Å²) in [5.41, 5.74) is 7.47. The van der Waals surface area contributed by atoms with Gasteiger partial charge in [0.25, 0.3) is 5.91 Å². The molecule has 1 aromatic heterocycles. The van der Waals surface area contributed by atoms with E-state index < -0.39 is 0 Å². The summed E-state index contributed by atoms with van der Waals surface area (Å²) in [5, 5.41) is 0. The number of carbonyl (C=O) groups is 1. The molecular weight excluding hydrogens is 326 g/mol. The molecule has 0 saturated carbocycles. The van der Waals surface area contributed by atoms with Crippen molar-refractivity contribution in [2.45, 2.75) is 32.2 Å². The van der Waals surface area contributed by atoms with Crippen molar-refractivity contribution in [3.05, 3.63) is 44.7 Å². The zero-order valence-electron chi connectivity index (χ0n) is 13.0. The van der Waals surface area contributed by atoms with E-state index in [0.717, 1.165) is 32.4 Å². The van der Waals surface area contributed by atoms with E-state index in [0.29, 0.717) is 21.2 Å². The normalized spacial score (nSPS) is 14.9. The Balaban J connectivity index is 1.76. The maximum Gasteiger partial charge on any atom is 0.267 e. The summed E-state index contributed by atoms with van der Waals surface area (Å²) in [6.07, 6.45) is 4.21. The van der Waals surface area contributed by atoms with Gasteiger partial charge >= 0.3 is 0 Å². The van der Waals surface area contributed by atoms with Crippen molar-refractivity contribution in [1.29, 1.82) is 0 Å². The third-order valence-corrected chi connectivity index (χ3v) is 5.69. The number of hydrogen-bond acceptors (Lipinski definition) is 4. The van der Waals surface area contributed by atoms with E-state index in [9.17, 15) is 4.79 Å². The van der Waals surface area contributed by atoms with E-state index >= 15 is 0 Å². The van der Waals surface area contributed by atoms with Gasteiger partial charge in [-0.25, -0.2) is 0 Å². The molecule has 1 aliphatic heterocycles. The Bertz CT molecular complexity index is 730. The second-order valence-corrected chi connectivity index (χ2v) is 7.47. The van der Waals surface area contributed by atoms with Gasteiger partial charge in [-0.05, 0) is 43.5 Å². The molecule has 0 spiro atoms. The highest BCUT2D eigenvalue weighted by molar-refractivity contribution is 7.73. The first-order chi connectivity index (χ1) is 11.2. The first-order valence-corrected chi connectivity index (χ1v) is 9.21. The van der Waals surface area contributed by atoms with Crippen molar-refractivity contribution in [3.8, 4) is 0 Å². The number of amides is 1. The molecule has 3 rings (SSSR count). The number of hydrogen-bond donors (Lipinski definition) is 1. The number of benzene rings is 1. The number of piperidine rings is 1. The van der Waals surface area contributed by atoms with Gasteiger partial charge in [0.1, 0.15) is 10.7 Å². The average molecular weight is 348 g/mol. The molecule has 0 aliphatic carbocycles. The van der Waals surface area contributed by atoms with Gasteiger partial charge < -0.3 is 15.2 Å². The highest BCUT2D eigenvalue weighted by Gasteiger charge is 2.23. The topological polar surface area (TPSA) is 51.3 Å². The van der Waals surface area contributed by atoms with Crippen LogP contribution in [0.25, 0.3) is 0 Å². The van der Waals surface area contributed by atoms with E-state index in [-0.39, 0.29) is 5.91 Å². The van der Waals surface area contributed by atoms with E-state index in [1.165, 1.54) is 23.3 Å². The van der Waals surface area contributed by atoms with Crippen molar-refractivity contribution >= 4 is 35.3 Å². The fourth-order valence-corrected chi connectivity index (χ4v) is 4.25. The number of nitrogen functional groups attached to an aromatic ring is 1. The van der Waals surface area contributed by atoms with Crippen LogP contribution in [0.5, 0.6) is 0 Å². The fraction of sp³-hybridized carbons (Fsp3) is 0.412. The van der Waals surface area contributed by atoms with Gasteiger partial charge in [-0.2, -0.15) is 0 Å². The highest BCUT2D eigenvalue weighted by atomic mass is 32.1. The maximum atomic E-state index is 12.7. The predicted molar refractivity (Wildman–Crippen MR) is 97.5 cm³/mol. The molecule has 1 amide bonds. The summed E-state index contributed by atoms with van der Waals surface area (Å²) in [4.78, 5) is 15.2. The number of rotatable bonds is 4. The highest BCUT2D eigenvalue weighted by Crippen LogP contribution is 2.25. The van der Waals surface area contributed by atoms with Crippen LogP contribution in [0.3, 0.4) is 0 Å². The van der Waals surface area contributed by atoms with Crippen molar-refractivity contribution in [2.24, 2.45) is 0 Å². The van der Waals surface area contributed by atoms with Gasteiger partial charge in [0.05, 0.1) is 0 Å². The smallest absolute Gasteiger partial charge is 0.267 e. The van der Waals surface area contributed by atoms with Crippen LogP contribution < -0.4 is 5.73 Å². The van der Waals surface area contributed by atoms with Crippen LogP contribution in [0.4, 0.5) is 5.82 Å². The molecule has 2 heterocycles. The molecule has 1 aliphatic rings. The number of carbonyl (C=O) groups excluding carboxylic acids is 1. The van der Waals surface area contributed by atoms with Gasteiger partial charge in [0.15, 0.2) is 3.95 Å². The van der Waals surface area contributed by atoms with Gasteiger partial charge in [-0.1, -0.05) is 41.7 Å². The lowest BCUT2D eigenvalue weighted by atomic mass is 10.1. The Kier molecular flexibility index (Phi) is 5.13. The number of aromatic nitrogens is 1. The molecule has 23 heavy (non-hydrogen) atoms. The fourth-order valence-electron chi connectivity index (χ4n) is 2.91. The predicted octanol–water partition coefficient (Wildman–Crippen LogP) is 3.73. The van der Waals surface area contributed by atoms with Crippen LogP contribution in [0.15, 0.2) is 30.3 Å². The Hall–Kier alpha value is -1.66. The third kappa shape index (κ3) is 3.64. The zero-order chi connectivity index (χ0) is 16.2. The van der Waals surface area contributed by atoms with Crippen molar-refractivity contribution in [3.63, 3.8) is 0 Å². The van der Waals surface area contributed by atoms with E-state index in [1.54, 1.807) is 0 Å². The summed E-state index contributed by atoms with van der Waals surface area (Å²) < 4.78 is 2.57. The summed E-state index contributed by atoms with van der Waals surface area (Å²) in [7, 11) is 0. The molecule has 0 unspecified atom stereocenters. The first kappa shape index (κ1) is 16.2. The Morgan fingerprint density at radius 1 is 1.17 bits per heavy atom. The molecule has 2 aromatic rings. The Morgan fingerprint density at radius 2 is 1.87 bits per heavy atom. The van der Waals surface area contributed by atoms with Gasteiger partial charge in [-0.3, -0.25) is 4.79 Å². The summed E-state index contributed by atoms with van der Waals surface area (Å²) in [6.45, 7) is 2.36. The SMILES string of the molecule is Nc1c(C(=O)N2CCCCC2)sc(=S)n1CCc1ccccc1. The van der Waals surface area contributed by atoms with Crippen molar-refractivity contribution < 1.29 is 4.79 Å². The van der Waals surface area contributed by atoms with E-state index in [1.807, 2.05) is 27.7 Å². The van der Waals surface area contributed by atoms with Crippen LogP contribution in [-0.2, 0) is 13.0 Å². The lowest BCUT2D eigenvalue weighted by molar-refractivity contribution is 0.0730. The number of aryl methyl sites for hydroxylation is 1. The molecule has 1 aromatic carbocycles. The minimum Gasteiger partial charge on any atom is -0.384 e. The standard InChI is InChI=1S/C17H21N3OS2/c18-15-14(16(21)19-10-5-2-6-11-19)23-17(22)20(15)12-9-13-7-3-1-4-8-13/h1,3-4,7-8H,2,5-6,9-12,18H2. The minimum atomic E-state index is 0.0387. The van der Waals surface area contributed by atoms with E-state index in [2.05, 4.69) is 12.1 Å². The second-order valence-electron chi connectivity index (χ2n) is 5.82. The second kappa shape index (κ2) is 7.27. The van der Waals surface area contributed by atoms with E-state index in [4.69, 9.17) is 18.0 Å². The van der Waals surface area contributed by atoms with Crippen LogP contribution in [0.2, 0.25) is 0 Å². The number of anilines is 1. The molecule has 0 atom stereocenters. The number of nitrogens with two attached hydrogens (primary N) is 1. The summed E-state index contributed by atoms with van der Waals surface area (Å²) in [6, 6.07) is 10.2. The lowest BCUT2D eigenvalue weighted by Crippen LogP contribution is -2.35. The van der Waals surface area contributed by atoms with Gasteiger partial charge in [0, 0.05) is 19.6 Å². The largest absolute Gasteiger partial charge is 0.384 e. The number of nitrogens with zero attached hydrogens (tertiary/aromatic N) is 2. The average Bonchev–Trinajstić information content (AvgIpc) is 2.88. The molecule has 6 heteroatoms. The first-order valence-electron chi connectivity index (χ1n) is 7.99. The quantitative estimate of drug-likeness (QED) is 0.858. The molecule has 1 saturated heterocycles. The molecule has 0 radical (unpaired) electrons. The molecule has 2 N–H and O–H groups in total. The maximum absolute atomic E-state index is 12.7. The number of thiazole rings is 1. The van der Waals surface area contributed by atoms with Crippen LogP contribution in [0.1, 0.15) is 34.5 Å². The van der Waals surface area contributed by atoms with Crippen LogP contribution in [-0.4, -0.2) is 28.5 Å². The third-order valence-electron chi connectivity index (χ3n) is 4.24. The number of likely N-dealkylation sites (tertiary alicyclic amines) is 1. The summed E-state index contributed by atoms with van der Waals surface area (Å²) >= 11 is 6.77. The monoisotopic (exact) mass is 347 g/mol. The van der Waals surface area contributed by atoms with Crippen LogP contribution >= 0.6 is 23.6 Å². The molecule has 122 valence electrons. The Morgan fingerprint density at radius 3 is 2.57 bits per heavy atom. The van der Waals surface area contributed by atoms with Crippen molar-refractivity contribution in [1.82, 2.24) is 9.47 Å². The molecular formula is C17H21N3OS2. The van der Waals surface area contributed by atoms with Crippen LogP contribution in [0, 0.1) is 3.95 Å². The van der Waals surface area contributed by atoms with Gasteiger partial charge in [-0.15, -0.1) is 0 Å². The minimum absolute atomic E-state index is 0.0387. The zero-order valence-corrected chi connectivity index (χ0v) is 14.7. The molecule has 1 fully saturated rings.